The molecule has 0 amide bonds. The number of nitrogens with zero attached hydrogens (tertiary/aromatic N) is 1. The third-order valence-electron chi connectivity index (χ3n) is 8.26. The normalized spacial score (nSPS) is 22.9. The van der Waals surface area contributed by atoms with Crippen LogP contribution in [-0.2, 0) is 4.43 Å². The molecule has 3 unspecified atom stereocenters. The van der Waals surface area contributed by atoms with Crippen LogP contribution in [0.5, 0.6) is 0 Å². The summed E-state index contributed by atoms with van der Waals surface area (Å²) in [7, 11) is -2.50. The molecule has 3 atom stereocenters. The Bertz CT molecular complexity index is 1040. The average molecular weight is 516 g/mol. The molecule has 0 aromatic heterocycles. The fourth-order valence-electron chi connectivity index (χ4n) is 6.43. The van der Waals surface area contributed by atoms with E-state index in [1.54, 1.807) is 0 Å². The molecule has 0 bridgehead atoms. The maximum Gasteiger partial charge on any atom is 0.261 e. The van der Waals surface area contributed by atoms with Gasteiger partial charge in [-0.25, -0.2) is 0 Å². The van der Waals surface area contributed by atoms with Crippen molar-refractivity contribution in [3.63, 3.8) is 0 Å². The lowest BCUT2D eigenvalue weighted by Gasteiger charge is -2.43. The second kappa shape index (κ2) is 11.3. The molecule has 2 fully saturated rings. The van der Waals surface area contributed by atoms with E-state index in [1.165, 1.54) is 47.4 Å². The molecule has 3 aromatic rings. The van der Waals surface area contributed by atoms with Crippen LogP contribution < -0.4 is 10.4 Å². The minimum absolute atomic E-state index is 0.0224. The van der Waals surface area contributed by atoms with E-state index < -0.39 is 8.32 Å². The van der Waals surface area contributed by atoms with Crippen LogP contribution in [-0.4, -0.2) is 37.8 Å². The molecule has 4 heteroatoms. The summed E-state index contributed by atoms with van der Waals surface area (Å²) in [6.45, 7) is 7.97. The Morgan fingerprint density at radius 1 is 0.778 bits per heavy atom. The average Bonchev–Trinajstić information content (AvgIpc) is 3.62. The minimum Gasteiger partial charge on any atom is -0.406 e. The summed E-state index contributed by atoms with van der Waals surface area (Å²) in [6, 6.07) is 34.2. The summed E-state index contributed by atoms with van der Waals surface area (Å²) >= 11 is 1.98. The summed E-state index contributed by atoms with van der Waals surface area (Å²) in [4.78, 5) is 4.10. The highest BCUT2D eigenvalue weighted by Gasteiger charge is 2.55. The van der Waals surface area contributed by atoms with Crippen molar-refractivity contribution in [3.05, 3.63) is 91.0 Å². The summed E-state index contributed by atoms with van der Waals surface area (Å²) in [5.41, 5.74) is 0. The molecule has 1 saturated heterocycles. The van der Waals surface area contributed by atoms with Crippen molar-refractivity contribution in [1.82, 2.24) is 4.90 Å². The Balaban J connectivity index is 1.41. The smallest absolute Gasteiger partial charge is 0.261 e. The number of hydrogen-bond acceptors (Lipinski definition) is 3. The first-order valence-corrected chi connectivity index (χ1v) is 16.6. The van der Waals surface area contributed by atoms with Crippen LogP contribution in [0.15, 0.2) is 95.9 Å². The molecule has 0 N–H and O–H groups in total. The van der Waals surface area contributed by atoms with Gasteiger partial charge in [0.25, 0.3) is 8.32 Å². The molecule has 36 heavy (non-hydrogen) atoms. The summed E-state index contributed by atoms with van der Waals surface area (Å²) in [5, 5.41) is 2.78. The van der Waals surface area contributed by atoms with Crippen LogP contribution in [0.2, 0.25) is 5.04 Å². The van der Waals surface area contributed by atoms with Crippen LogP contribution in [0.25, 0.3) is 0 Å². The van der Waals surface area contributed by atoms with E-state index in [1.807, 2.05) is 11.8 Å². The molecule has 190 valence electrons. The highest BCUT2D eigenvalue weighted by atomic mass is 32.2. The molecule has 3 aromatic carbocycles. The van der Waals surface area contributed by atoms with Crippen molar-refractivity contribution in [2.24, 2.45) is 5.92 Å². The molecule has 1 heterocycles. The van der Waals surface area contributed by atoms with E-state index in [0.717, 1.165) is 18.4 Å². The third-order valence-corrected chi connectivity index (χ3v) is 14.3. The molecule has 5 rings (SSSR count). The Morgan fingerprint density at radius 2 is 1.31 bits per heavy atom. The first-order chi connectivity index (χ1) is 17.5. The highest BCUT2D eigenvalue weighted by molar-refractivity contribution is 7.99. The summed E-state index contributed by atoms with van der Waals surface area (Å²) in [5.74, 6) is 1.88. The zero-order valence-corrected chi connectivity index (χ0v) is 23.9. The maximum absolute atomic E-state index is 7.38. The van der Waals surface area contributed by atoms with Gasteiger partial charge in [0.15, 0.2) is 0 Å². The molecule has 0 radical (unpaired) electrons. The topological polar surface area (TPSA) is 12.2 Å². The molecule has 2 nitrogen and oxygen atoms in total. The summed E-state index contributed by atoms with van der Waals surface area (Å²) < 4.78 is 7.38. The Kier molecular flexibility index (Phi) is 8.07. The lowest BCUT2D eigenvalue weighted by atomic mass is 9.86. The monoisotopic (exact) mass is 515 g/mol. The van der Waals surface area contributed by atoms with Crippen LogP contribution in [0.1, 0.15) is 52.9 Å². The number of hydrogen-bond donors (Lipinski definition) is 0. The van der Waals surface area contributed by atoms with Crippen molar-refractivity contribution in [2.75, 3.05) is 12.5 Å². The van der Waals surface area contributed by atoms with E-state index in [2.05, 4.69) is 117 Å². The fraction of sp³-hybridized carbons (Fsp3) is 0.438. The molecule has 0 spiro atoms. The van der Waals surface area contributed by atoms with Crippen molar-refractivity contribution in [3.8, 4) is 0 Å². The Labute approximate surface area is 223 Å². The third kappa shape index (κ3) is 5.38. The standard InChI is InChI=1S/C32H41NOSSi/c1-32(2,3)36(28-20-12-6-13-21-28,29-22-14-7-15-23-29)34-24-30-31(26-16-8-4-9-17-26)33(30)25-35-27-18-10-5-11-19-27/h5-7,10-15,18-23,26,30-31H,4,8-9,16-17,24-25H2,1-3H3. The van der Waals surface area contributed by atoms with Crippen LogP contribution in [0.3, 0.4) is 0 Å². The van der Waals surface area contributed by atoms with E-state index in [4.69, 9.17) is 4.43 Å². The van der Waals surface area contributed by atoms with Gasteiger partial charge in [0.05, 0.1) is 6.61 Å². The van der Waals surface area contributed by atoms with E-state index in [-0.39, 0.29) is 5.04 Å². The van der Waals surface area contributed by atoms with Gasteiger partial charge in [0.2, 0.25) is 0 Å². The van der Waals surface area contributed by atoms with Gasteiger partial charge < -0.3 is 4.43 Å². The predicted molar refractivity (Wildman–Crippen MR) is 157 cm³/mol. The van der Waals surface area contributed by atoms with Crippen molar-refractivity contribution in [1.29, 1.82) is 0 Å². The van der Waals surface area contributed by atoms with Gasteiger partial charge in [-0.15, -0.1) is 11.8 Å². The quantitative estimate of drug-likeness (QED) is 0.174. The van der Waals surface area contributed by atoms with Gasteiger partial charge in [-0.3, -0.25) is 4.90 Å². The molecular formula is C32H41NOSSi. The molecule has 1 aliphatic heterocycles. The minimum atomic E-state index is -2.50. The highest BCUT2D eigenvalue weighted by Crippen LogP contribution is 2.45. The van der Waals surface area contributed by atoms with Gasteiger partial charge in [-0.1, -0.05) is 119 Å². The van der Waals surface area contributed by atoms with Gasteiger partial charge in [-0.2, -0.15) is 0 Å². The molecular weight excluding hydrogens is 475 g/mol. The Morgan fingerprint density at radius 3 is 1.83 bits per heavy atom. The van der Waals surface area contributed by atoms with Crippen molar-refractivity contribution in [2.45, 2.75) is 74.9 Å². The lowest BCUT2D eigenvalue weighted by Crippen LogP contribution is -2.67. The van der Waals surface area contributed by atoms with Gasteiger partial charge in [0.1, 0.15) is 0 Å². The largest absolute Gasteiger partial charge is 0.406 e. The number of thioether (sulfide) groups is 1. The lowest BCUT2D eigenvalue weighted by molar-refractivity contribution is 0.280. The predicted octanol–water partition coefficient (Wildman–Crippen LogP) is 6.95. The van der Waals surface area contributed by atoms with Crippen LogP contribution >= 0.6 is 11.8 Å². The van der Waals surface area contributed by atoms with E-state index in [0.29, 0.717) is 12.1 Å². The summed E-state index contributed by atoms with van der Waals surface area (Å²) in [6.07, 6.45) is 6.96. The second-order valence-electron chi connectivity index (χ2n) is 11.5. The van der Waals surface area contributed by atoms with Crippen LogP contribution in [0, 0.1) is 5.92 Å². The zero-order chi connectivity index (χ0) is 25.0. The van der Waals surface area contributed by atoms with Crippen LogP contribution in [0.4, 0.5) is 0 Å². The fourth-order valence-corrected chi connectivity index (χ4v) is 12.0. The number of benzene rings is 3. The van der Waals surface area contributed by atoms with E-state index >= 15 is 0 Å². The maximum atomic E-state index is 7.38. The number of rotatable bonds is 9. The van der Waals surface area contributed by atoms with Crippen molar-refractivity contribution < 1.29 is 4.43 Å². The molecule has 1 saturated carbocycles. The molecule has 2 aliphatic rings. The van der Waals surface area contributed by atoms with Gasteiger partial charge in [0, 0.05) is 22.9 Å². The zero-order valence-electron chi connectivity index (χ0n) is 22.1. The second-order valence-corrected chi connectivity index (χ2v) is 16.9. The van der Waals surface area contributed by atoms with Gasteiger partial charge >= 0.3 is 0 Å². The first kappa shape index (κ1) is 25.8. The SMILES string of the molecule is CC(C)(C)[Si](OCC1C(C2CCCCC2)N1CSc1ccccc1)(c1ccccc1)c1ccccc1. The Hall–Kier alpha value is -1.85. The van der Waals surface area contributed by atoms with Gasteiger partial charge in [-0.05, 0) is 46.3 Å². The van der Waals surface area contributed by atoms with E-state index in [9.17, 15) is 0 Å². The molecule has 1 aliphatic carbocycles. The first-order valence-electron chi connectivity index (χ1n) is 13.7. The van der Waals surface area contributed by atoms with Crippen molar-refractivity contribution >= 4 is 30.5 Å².